The largest absolute Gasteiger partial charge is 0.486 e. The summed E-state index contributed by atoms with van der Waals surface area (Å²) < 4.78 is 11.1. The molecule has 0 saturated heterocycles. The Balaban J connectivity index is 1.76. The Hall–Kier alpha value is -2.23. The number of hydrogen-bond donors (Lipinski definition) is 1. The third kappa shape index (κ3) is 2.62. The van der Waals surface area contributed by atoms with Gasteiger partial charge in [-0.3, -0.25) is 4.98 Å². The van der Waals surface area contributed by atoms with Gasteiger partial charge in [-0.2, -0.15) is 0 Å². The highest BCUT2D eigenvalue weighted by molar-refractivity contribution is 5.55. The first-order valence-corrected chi connectivity index (χ1v) is 6.40. The predicted octanol–water partition coefficient (Wildman–Crippen LogP) is 3.03. The fourth-order valence-electron chi connectivity index (χ4n) is 2.09. The van der Waals surface area contributed by atoms with Crippen molar-refractivity contribution in [3.63, 3.8) is 0 Å². The van der Waals surface area contributed by atoms with Crippen LogP contribution in [0.2, 0.25) is 0 Å². The molecule has 3 rings (SSSR count). The van der Waals surface area contributed by atoms with Crippen molar-refractivity contribution in [2.75, 3.05) is 18.5 Å². The fraction of sp³-hybridized carbons (Fsp3) is 0.267. The zero-order chi connectivity index (χ0) is 13.1. The van der Waals surface area contributed by atoms with Crippen LogP contribution in [0.25, 0.3) is 0 Å². The van der Waals surface area contributed by atoms with Crippen LogP contribution in [0.1, 0.15) is 18.7 Å². The lowest BCUT2D eigenvalue weighted by Gasteiger charge is -2.20. The maximum Gasteiger partial charge on any atom is 0.163 e. The summed E-state index contributed by atoms with van der Waals surface area (Å²) >= 11 is 0. The normalized spacial score (nSPS) is 14.8. The Morgan fingerprint density at radius 3 is 2.74 bits per heavy atom. The van der Waals surface area contributed by atoms with E-state index in [4.69, 9.17) is 9.47 Å². The zero-order valence-electron chi connectivity index (χ0n) is 10.8. The molecular weight excluding hydrogens is 240 g/mol. The molecule has 1 aromatic heterocycles. The molecule has 1 aliphatic rings. The summed E-state index contributed by atoms with van der Waals surface area (Å²) in [6, 6.07) is 12.0. The molecule has 1 N–H and O–H groups in total. The van der Waals surface area contributed by atoms with Crippen LogP contribution in [0, 0.1) is 0 Å². The number of aromatic nitrogens is 1. The van der Waals surface area contributed by atoms with Crippen LogP contribution in [-0.2, 0) is 0 Å². The lowest BCUT2D eigenvalue weighted by atomic mass is 10.2. The van der Waals surface area contributed by atoms with E-state index in [0.29, 0.717) is 13.2 Å². The number of anilines is 1. The summed E-state index contributed by atoms with van der Waals surface area (Å²) in [4.78, 5) is 4.34. The number of pyridine rings is 1. The van der Waals surface area contributed by atoms with Gasteiger partial charge >= 0.3 is 0 Å². The average molecular weight is 256 g/mol. The summed E-state index contributed by atoms with van der Waals surface area (Å²) in [5.74, 6) is 1.60. The summed E-state index contributed by atoms with van der Waals surface area (Å²) in [5.41, 5.74) is 2.01. The van der Waals surface area contributed by atoms with Gasteiger partial charge in [0.25, 0.3) is 0 Å². The van der Waals surface area contributed by atoms with Crippen molar-refractivity contribution in [3.05, 3.63) is 48.3 Å². The highest BCUT2D eigenvalue weighted by Gasteiger charge is 2.13. The summed E-state index contributed by atoms with van der Waals surface area (Å²) in [7, 11) is 0. The minimum Gasteiger partial charge on any atom is -0.486 e. The third-order valence-electron chi connectivity index (χ3n) is 3.06. The number of fused-ring (bicyclic) bond motifs is 1. The third-order valence-corrected chi connectivity index (χ3v) is 3.06. The van der Waals surface area contributed by atoms with Crippen LogP contribution >= 0.6 is 0 Å². The topological polar surface area (TPSA) is 43.4 Å². The molecule has 0 radical (unpaired) electrons. The van der Waals surface area contributed by atoms with E-state index >= 15 is 0 Å². The number of nitrogens with zero attached hydrogens (tertiary/aromatic N) is 1. The molecule has 0 fully saturated rings. The van der Waals surface area contributed by atoms with Gasteiger partial charge in [-0.1, -0.05) is 6.07 Å². The van der Waals surface area contributed by atoms with Crippen molar-refractivity contribution in [3.8, 4) is 11.5 Å². The van der Waals surface area contributed by atoms with Crippen molar-refractivity contribution in [2.24, 2.45) is 0 Å². The Labute approximate surface area is 112 Å². The maximum absolute atomic E-state index is 5.57. The number of hydrogen-bond acceptors (Lipinski definition) is 4. The second-order valence-corrected chi connectivity index (χ2v) is 4.48. The molecule has 1 aliphatic heterocycles. The molecule has 0 amide bonds. The average Bonchev–Trinajstić information content (AvgIpc) is 2.48. The molecule has 0 saturated carbocycles. The van der Waals surface area contributed by atoms with Gasteiger partial charge in [0.1, 0.15) is 13.2 Å². The number of benzene rings is 1. The smallest absolute Gasteiger partial charge is 0.163 e. The van der Waals surface area contributed by atoms with E-state index in [0.717, 1.165) is 22.9 Å². The van der Waals surface area contributed by atoms with Gasteiger partial charge in [-0.15, -0.1) is 0 Å². The molecule has 1 aromatic carbocycles. The molecule has 0 spiro atoms. The van der Waals surface area contributed by atoms with Gasteiger partial charge in [-0.25, -0.2) is 0 Å². The quantitative estimate of drug-likeness (QED) is 0.916. The van der Waals surface area contributed by atoms with E-state index in [9.17, 15) is 0 Å². The lowest BCUT2D eigenvalue weighted by Crippen LogP contribution is -2.15. The van der Waals surface area contributed by atoms with E-state index in [1.165, 1.54) is 0 Å². The zero-order valence-corrected chi connectivity index (χ0v) is 10.8. The SMILES string of the molecule is CC(Nc1ccc2c(c1)OCCO2)c1ccccn1. The van der Waals surface area contributed by atoms with Crippen LogP contribution < -0.4 is 14.8 Å². The van der Waals surface area contributed by atoms with Crippen LogP contribution in [0.3, 0.4) is 0 Å². The van der Waals surface area contributed by atoms with Crippen LogP contribution in [0.15, 0.2) is 42.6 Å². The van der Waals surface area contributed by atoms with Crippen molar-refractivity contribution >= 4 is 5.69 Å². The highest BCUT2D eigenvalue weighted by atomic mass is 16.6. The minimum atomic E-state index is 0.142. The first kappa shape index (κ1) is 11.8. The second-order valence-electron chi connectivity index (χ2n) is 4.48. The molecular formula is C15H16N2O2. The van der Waals surface area contributed by atoms with E-state index in [1.807, 2.05) is 36.4 Å². The first-order valence-electron chi connectivity index (χ1n) is 6.40. The van der Waals surface area contributed by atoms with Crippen LogP contribution in [-0.4, -0.2) is 18.2 Å². The van der Waals surface area contributed by atoms with Gasteiger partial charge in [0.15, 0.2) is 11.5 Å². The molecule has 1 atom stereocenters. The maximum atomic E-state index is 5.57. The first-order chi connectivity index (χ1) is 9.33. The summed E-state index contributed by atoms with van der Waals surface area (Å²) in [6.07, 6.45) is 1.80. The van der Waals surface area contributed by atoms with Gasteiger partial charge in [-0.05, 0) is 31.2 Å². The highest BCUT2D eigenvalue weighted by Crippen LogP contribution is 2.33. The second kappa shape index (κ2) is 5.18. The Morgan fingerprint density at radius 1 is 1.11 bits per heavy atom. The Kier molecular flexibility index (Phi) is 3.23. The molecule has 2 aromatic rings. The molecule has 98 valence electrons. The molecule has 19 heavy (non-hydrogen) atoms. The van der Waals surface area contributed by atoms with E-state index in [1.54, 1.807) is 6.20 Å². The van der Waals surface area contributed by atoms with E-state index < -0.39 is 0 Å². The minimum absolute atomic E-state index is 0.142. The van der Waals surface area contributed by atoms with E-state index in [-0.39, 0.29) is 6.04 Å². The van der Waals surface area contributed by atoms with Crippen LogP contribution in [0.4, 0.5) is 5.69 Å². The summed E-state index contributed by atoms with van der Waals surface area (Å²) in [5, 5.41) is 3.41. The van der Waals surface area contributed by atoms with Gasteiger partial charge < -0.3 is 14.8 Å². The molecule has 2 heterocycles. The molecule has 0 aliphatic carbocycles. The van der Waals surface area contributed by atoms with E-state index in [2.05, 4.69) is 17.2 Å². The number of nitrogens with one attached hydrogen (secondary N) is 1. The number of ether oxygens (including phenoxy) is 2. The summed E-state index contributed by atoms with van der Waals surface area (Å²) in [6.45, 7) is 3.30. The van der Waals surface area contributed by atoms with Crippen molar-refractivity contribution in [1.29, 1.82) is 0 Å². The Bertz CT molecular complexity index is 557. The molecule has 0 bridgehead atoms. The number of rotatable bonds is 3. The van der Waals surface area contributed by atoms with Crippen molar-refractivity contribution in [2.45, 2.75) is 13.0 Å². The monoisotopic (exact) mass is 256 g/mol. The molecule has 1 unspecified atom stereocenters. The van der Waals surface area contributed by atoms with Gasteiger partial charge in [0, 0.05) is 18.0 Å². The van der Waals surface area contributed by atoms with Gasteiger partial charge in [0.05, 0.1) is 11.7 Å². The standard InChI is InChI=1S/C15H16N2O2/c1-11(13-4-2-3-7-16-13)17-12-5-6-14-15(10-12)19-9-8-18-14/h2-7,10-11,17H,8-9H2,1H3. The predicted molar refractivity (Wildman–Crippen MR) is 73.7 cm³/mol. The molecule has 4 nitrogen and oxygen atoms in total. The lowest BCUT2D eigenvalue weighted by molar-refractivity contribution is 0.171. The molecule has 4 heteroatoms. The fourth-order valence-corrected chi connectivity index (χ4v) is 2.09. The van der Waals surface area contributed by atoms with Crippen molar-refractivity contribution < 1.29 is 9.47 Å². The van der Waals surface area contributed by atoms with Crippen LogP contribution in [0.5, 0.6) is 11.5 Å². The van der Waals surface area contributed by atoms with Gasteiger partial charge in [0.2, 0.25) is 0 Å². The van der Waals surface area contributed by atoms with Crippen molar-refractivity contribution in [1.82, 2.24) is 4.98 Å². The Morgan fingerprint density at radius 2 is 1.95 bits per heavy atom.